The molecule has 1 aliphatic heterocycles. The number of benzene rings is 1. The molecule has 0 saturated heterocycles. The summed E-state index contributed by atoms with van der Waals surface area (Å²) in [5.41, 5.74) is 2.02. The zero-order valence-electron chi connectivity index (χ0n) is 9.56. The highest BCUT2D eigenvalue weighted by molar-refractivity contribution is 7.86. The number of ether oxygens (including phenoxy) is 1. The van der Waals surface area contributed by atoms with Crippen molar-refractivity contribution < 1.29 is 17.7 Å². The van der Waals surface area contributed by atoms with E-state index in [9.17, 15) is 8.42 Å². The summed E-state index contributed by atoms with van der Waals surface area (Å²) in [5, 5.41) is 3.24. The van der Waals surface area contributed by atoms with Gasteiger partial charge in [-0.1, -0.05) is 0 Å². The summed E-state index contributed by atoms with van der Waals surface area (Å²) in [6.45, 7) is 1.67. The third-order valence-corrected chi connectivity index (χ3v) is 3.78. The minimum atomic E-state index is -4.24. The van der Waals surface area contributed by atoms with E-state index < -0.39 is 10.1 Å². The van der Waals surface area contributed by atoms with Gasteiger partial charge in [0.25, 0.3) is 10.1 Å². The molecule has 0 atom stereocenters. The summed E-state index contributed by atoms with van der Waals surface area (Å²) in [6, 6.07) is 3.21. The standard InChI is InChI=1S/C11H15NO4S/c1-16-10-6-8-2-4-12-5-3-9(8)7-11(10)17(13,14)15/h6-7,12H,2-5H2,1H3,(H,13,14,15). The second kappa shape index (κ2) is 4.64. The van der Waals surface area contributed by atoms with E-state index in [2.05, 4.69) is 5.32 Å². The van der Waals surface area contributed by atoms with Crippen LogP contribution in [-0.4, -0.2) is 33.2 Å². The van der Waals surface area contributed by atoms with Gasteiger partial charge in [0.2, 0.25) is 0 Å². The fraction of sp³-hybridized carbons (Fsp3) is 0.455. The predicted molar refractivity (Wildman–Crippen MR) is 63.1 cm³/mol. The van der Waals surface area contributed by atoms with Crippen LogP contribution in [0, 0.1) is 0 Å². The average molecular weight is 257 g/mol. The van der Waals surface area contributed by atoms with Crippen molar-refractivity contribution in [2.24, 2.45) is 0 Å². The smallest absolute Gasteiger partial charge is 0.298 e. The van der Waals surface area contributed by atoms with Crippen LogP contribution in [0.5, 0.6) is 5.75 Å². The number of rotatable bonds is 2. The molecule has 0 saturated carbocycles. The Morgan fingerprint density at radius 3 is 2.35 bits per heavy atom. The maximum absolute atomic E-state index is 11.2. The van der Waals surface area contributed by atoms with Gasteiger partial charge >= 0.3 is 0 Å². The van der Waals surface area contributed by atoms with E-state index in [-0.39, 0.29) is 10.6 Å². The molecular formula is C11H15NO4S. The van der Waals surface area contributed by atoms with Crippen LogP contribution < -0.4 is 10.1 Å². The SMILES string of the molecule is COc1cc2c(cc1S(=O)(=O)O)CCNCC2. The molecule has 0 bridgehead atoms. The molecule has 0 spiro atoms. The van der Waals surface area contributed by atoms with Crippen LogP contribution >= 0.6 is 0 Å². The lowest BCUT2D eigenvalue weighted by molar-refractivity contribution is 0.396. The Hall–Kier alpha value is -1.11. The van der Waals surface area contributed by atoms with Crippen molar-refractivity contribution in [1.82, 2.24) is 5.32 Å². The van der Waals surface area contributed by atoms with Crippen molar-refractivity contribution in [3.63, 3.8) is 0 Å². The topological polar surface area (TPSA) is 75.6 Å². The maximum atomic E-state index is 11.2. The van der Waals surface area contributed by atoms with Gasteiger partial charge in [0, 0.05) is 0 Å². The molecule has 0 aromatic heterocycles. The van der Waals surface area contributed by atoms with Crippen LogP contribution in [0.2, 0.25) is 0 Å². The van der Waals surface area contributed by atoms with Gasteiger partial charge in [0.1, 0.15) is 10.6 Å². The second-order valence-corrected chi connectivity index (χ2v) is 5.39. The monoisotopic (exact) mass is 257 g/mol. The van der Waals surface area contributed by atoms with E-state index in [1.165, 1.54) is 13.2 Å². The Morgan fingerprint density at radius 1 is 1.24 bits per heavy atom. The summed E-state index contributed by atoms with van der Waals surface area (Å²) < 4.78 is 36.7. The quantitative estimate of drug-likeness (QED) is 0.760. The first-order chi connectivity index (χ1) is 8.02. The van der Waals surface area contributed by atoms with Crippen LogP contribution in [0.3, 0.4) is 0 Å². The van der Waals surface area contributed by atoms with Crippen molar-refractivity contribution in [2.45, 2.75) is 17.7 Å². The van der Waals surface area contributed by atoms with E-state index in [1.807, 2.05) is 0 Å². The first-order valence-electron chi connectivity index (χ1n) is 5.40. The minimum Gasteiger partial charge on any atom is -0.495 e. The van der Waals surface area contributed by atoms with Gasteiger partial charge < -0.3 is 10.1 Å². The van der Waals surface area contributed by atoms with Crippen molar-refractivity contribution in [3.8, 4) is 5.75 Å². The number of hydrogen-bond donors (Lipinski definition) is 2. The van der Waals surface area contributed by atoms with Gasteiger partial charge in [0.15, 0.2) is 0 Å². The third-order valence-electron chi connectivity index (χ3n) is 2.91. The normalized spacial score (nSPS) is 16.1. The Bertz CT molecular complexity index is 525. The van der Waals surface area contributed by atoms with Crippen LogP contribution in [0.1, 0.15) is 11.1 Å². The molecule has 0 amide bonds. The van der Waals surface area contributed by atoms with Crippen LogP contribution in [0.15, 0.2) is 17.0 Å². The zero-order valence-corrected chi connectivity index (χ0v) is 10.4. The number of nitrogens with one attached hydrogen (secondary N) is 1. The van der Waals surface area contributed by atoms with E-state index in [1.54, 1.807) is 6.07 Å². The molecular weight excluding hydrogens is 242 g/mol. The van der Waals surface area contributed by atoms with Crippen LogP contribution in [0.4, 0.5) is 0 Å². The lowest BCUT2D eigenvalue weighted by Crippen LogP contribution is -2.16. The first-order valence-corrected chi connectivity index (χ1v) is 6.84. The van der Waals surface area contributed by atoms with E-state index in [0.29, 0.717) is 0 Å². The molecule has 1 heterocycles. The molecule has 5 nitrogen and oxygen atoms in total. The van der Waals surface area contributed by atoms with Crippen LogP contribution in [-0.2, 0) is 23.0 Å². The number of fused-ring (bicyclic) bond motifs is 1. The highest BCUT2D eigenvalue weighted by atomic mass is 32.2. The summed E-state index contributed by atoms with van der Waals surface area (Å²) in [5.74, 6) is 0.202. The molecule has 1 aliphatic rings. The lowest BCUT2D eigenvalue weighted by Gasteiger charge is -2.11. The van der Waals surface area contributed by atoms with Gasteiger partial charge in [-0.2, -0.15) is 8.42 Å². The minimum absolute atomic E-state index is 0.152. The molecule has 2 N–H and O–H groups in total. The van der Waals surface area contributed by atoms with Gasteiger partial charge in [-0.15, -0.1) is 0 Å². The number of methoxy groups -OCH3 is 1. The second-order valence-electron chi connectivity index (χ2n) is 4.00. The highest BCUT2D eigenvalue weighted by Gasteiger charge is 2.20. The maximum Gasteiger partial charge on any atom is 0.298 e. The molecule has 2 rings (SSSR count). The Morgan fingerprint density at radius 2 is 1.82 bits per heavy atom. The Balaban J connectivity index is 2.58. The van der Waals surface area contributed by atoms with Crippen molar-refractivity contribution in [2.75, 3.05) is 20.2 Å². The third kappa shape index (κ3) is 2.59. The molecule has 0 aliphatic carbocycles. The Kier molecular flexibility index (Phi) is 3.37. The zero-order chi connectivity index (χ0) is 12.5. The fourth-order valence-corrected chi connectivity index (χ4v) is 2.73. The largest absolute Gasteiger partial charge is 0.495 e. The van der Waals surface area contributed by atoms with Crippen molar-refractivity contribution in [1.29, 1.82) is 0 Å². The van der Waals surface area contributed by atoms with Gasteiger partial charge in [-0.05, 0) is 49.2 Å². The van der Waals surface area contributed by atoms with E-state index >= 15 is 0 Å². The van der Waals surface area contributed by atoms with Crippen molar-refractivity contribution in [3.05, 3.63) is 23.3 Å². The first kappa shape index (κ1) is 12.3. The summed E-state index contributed by atoms with van der Waals surface area (Å²) in [4.78, 5) is -0.152. The van der Waals surface area contributed by atoms with E-state index in [0.717, 1.165) is 37.1 Å². The van der Waals surface area contributed by atoms with Gasteiger partial charge in [-0.25, -0.2) is 0 Å². The Labute approximate surface area is 101 Å². The lowest BCUT2D eigenvalue weighted by atomic mass is 10.0. The molecule has 1 aromatic carbocycles. The van der Waals surface area contributed by atoms with Gasteiger partial charge in [0.05, 0.1) is 7.11 Å². The van der Waals surface area contributed by atoms with E-state index in [4.69, 9.17) is 9.29 Å². The summed E-state index contributed by atoms with van der Waals surface area (Å²) in [7, 11) is -2.84. The van der Waals surface area contributed by atoms with Crippen molar-refractivity contribution >= 4 is 10.1 Å². The summed E-state index contributed by atoms with van der Waals surface area (Å²) in [6.07, 6.45) is 1.58. The average Bonchev–Trinajstić information content (AvgIpc) is 2.50. The summed E-state index contributed by atoms with van der Waals surface area (Å²) >= 11 is 0. The molecule has 0 fully saturated rings. The molecule has 0 unspecified atom stereocenters. The molecule has 17 heavy (non-hydrogen) atoms. The molecule has 6 heteroatoms. The van der Waals surface area contributed by atoms with Crippen LogP contribution in [0.25, 0.3) is 0 Å². The predicted octanol–water partition coefficient (Wildman–Crippen LogP) is 0.630. The number of hydrogen-bond acceptors (Lipinski definition) is 4. The van der Waals surface area contributed by atoms with Gasteiger partial charge in [-0.3, -0.25) is 4.55 Å². The molecule has 0 radical (unpaired) electrons. The highest BCUT2D eigenvalue weighted by Crippen LogP contribution is 2.28. The molecule has 94 valence electrons. The fourth-order valence-electron chi connectivity index (χ4n) is 2.04. The molecule has 1 aromatic rings.